The van der Waals surface area contributed by atoms with Gasteiger partial charge in [0.15, 0.2) is 10.7 Å². The Morgan fingerprint density at radius 3 is 2.24 bits per heavy atom. The number of carbonyl (C=O) groups excluding carboxylic acids is 1. The maximum atomic E-state index is 13.4. The van der Waals surface area contributed by atoms with E-state index in [0.717, 1.165) is 9.87 Å². The quantitative estimate of drug-likeness (QED) is 0.632. The van der Waals surface area contributed by atoms with E-state index < -0.39 is 22.5 Å². The van der Waals surface area contributed by atoms with Crippen LogP contribution in [0.5, 0.6) is 0 Å². The zero-order valence-corrected chi connectivity index (χ0v) is 17.7. The average molecular weight is 434 g/mol. The predicted molar refractivity (Wildman–Crippen MR) is 112 cm³/mol. The van der Waals surface area contributed by atoms with Crippen LogP contribution in [-0.4, -0.2) is 26.0 Å². The van der Waals surface area contributed by atoms with Gasteiger partial charge in [0.25, 0.3) is 10.0 Å². The highest BCUT2D eigenvalue weighted by atomic mass is 35.5. The summed E-state index contributed by atoms with van der Waals surface area (Å²) in [5, 5.41) is 6.95. The first-order valence-corrected chi connectivity index (χ1v) is 10.6. The molecule has 29 heavy (non-hydrogen) atoms. The third kappa shape index (κ3) is 4.60. The molecule has 0 aliphatic carbocycles. The van der Waals surface area contributed by atoms with Crippen molar-refractivity contribution in [1.82, 2.24) is 5.16 Å². The second kappa shape index (κ2) is 8.26. The lowest BCUT2D eigenvalue weighted by molar-refractivity contribution is -0.114. The van der Waals surface area contributed by atoms with Crippen molar-refractivity contribution in [1.29, 1.82) is 0 Å². The molecule has 1 aromatic heterocycles. The maximum Gasteiger partial charge on any atom is 0.270 e. The van der Waals surface area contributed by atoms with E-state index in [4.69, 9.17) is 16.1 Å². The van der Waals surface area contributed by atoms with Crippen molar-refractivity contribution in [2.75, 3.05) is 16.2 Å². The molecular formula is C20H20ClN3O4S. The van der Waals surface area contributed by atoms with Crippen molar-refractivity contribution >= 4 is 38.9 Å². The number of amides is 1. The topological polar surface area (TPSA) is 92.5 Å². The standard InChI is InChI=1S/C20H20ClN3O4S/c1-13-4-10-18(11-5-13)24(29(26,27)20-14(2)23-28-15(20)3)12-19(25)22-17-8-6-16(21)7-9-17/h4-11H,12H2,1-3H3,(H,22,25). The average Bonchev–Trinajstić information content (AvgIpc) is 3.01. The highest BCUT2D eigenvalue weighted by Gasteiger charge is 2.32. The van der Waals surface area contributed by atoms with Gasteiger partial charge in [0, 0.05) is 10.7 Å². The molecule has 1 amide bonds. The van der Waals surface area contributed by atoms with Crippen molar-refractivity contribution in [2.24, 2.45) is 0 Å². The Bertz CT molecular complexity index is 1100. The van der Waals surface area contributed by atoms with Gasteiger partial charge in [0.2, 0.25) is 5.91 Å². The molecule has 0 bridgehead atoms. The smallest absolute Gasteiger partial charge is 0.270 e. The SMILES string of the molecule is Cc1ccc(N(CC(=O)Nc2ccc(Cl)cc2)S(=O)(=O)c2c(C)noc2C)cc1. The van der Waals surface area contributed by atoms with Crippen molar-refractivity contribution in [2.45, 2.75) is 25.7 Å². The van der Waals surface area contributed by atoms with E-state index in [2.05, 4.69) is 10.5 Å². The Balaban J connectivity index is 1.96. The Labute approximate surface area is 174 Å². The van der Waals surface area contributed by atoms with E-state index in [1.807, 2.05) is 6.92 Å². The molecule has 2 aromatic carbocycles. The zero-order valence-electron chi connectivity index (χ0n) is 16.1. The number of nitrogens with one attached hydrogen (secondary N) is 1. The molecule has 3 aromatic rings. The van der Waals surface area contributed by atoms with Gasteiger partial charge in [-0.15, -0.1) is 0 Å². The zero-order chi connectivity index (χ0) is 21.2. The minimum Gasteiger partial charge on any atom is -0.360 e. The highest BCUT2D eigenvalue weighted by Crippen LogP contribution is 2.28. The number of sulfonamides is 1. The number of aromatic nitrogens is 1. The molecule has 0 aliphatic rings. The number of anilines is 2. The molecule has 0 unspecified atom stereocenters. The molecule has 3 rings (SSSR count). The number of hydrogen-bond donors (Lipinski definition) is 1. The van der Waals surface area contributed by atoms with Gasteiger partial charge >= 0.3 is 0 Å². The Morgan fingerprint density at radius 2 is 1.69 bits per heavy atom. The third-order valence-electron chi connectivity index (χ3n) is 4.25. The van der Waals surface area contributed by atoms with Crippen molar-refractivity contribution in [3.63, 3.8) is 0 Å². The molecule has 1 N–H and O–H groups in total. The van der Waals surface area contributed by atoms with Crippen LogP contribution in [0, 0.1) is 20.8 Å². The number of halogens is 1. The summed E-state index contributed by atoms with van der Waals surface area (Å²) in [6.45, 7) is 4.54. The lowest BCUT2D eigenvalue weighted by atomic mass is 10.2. The molecule has 0 radical (unpaired) electrons. The van der Waals surface area contributed by atoms with Crippen molar-refractivity contribution < 1.29 is 17.7 Å². The van der Waals surface area contributed by atoms with Crippen LogP contribution in [0.4, 0.5) is 11.4 Å². The Kier molecular flexibility index (Phi) is 5.95. The first-order chi connectivity index (χ1) is 13.7. The summed E-state index contributed by atoms with van der Waals surface area (Å²) in [5.74, 6) is -0.332. The monoisotopic (exact) mass is 433 g/mol. The number of benzene rings is 2. The second-order valence-corrected chi connectivity index (χ2v) is 8.79. The lowest BCUT2D eigenvalue weighted by Gasteiger charge is -2.24. The Morgan fingerprint density at radius 1 is 1.07 bits per heavy atom. The lowest BCUT2D eigenvalue weighted by Crippen LogP contribution is -2.38. The van der Waals surface area contributed by atoms with Crippen LogP contribution in [0.1, 0.15) is 17.0 Å². The molecular weight excluding hydrogens is 414 g/mol. The molecule has 0 atom stereocenters. The number of carbonyl (C=O) groups is 1. The van der Waals surface area contributed by atoms with Gasteiger partial charge in [-0.05, 0) is 57.2 Å². The third-order valence-corrected chi connectivity index (χ3v) is 6.52. The summed E-state index contributed by atoms with van der Waals surface area (Å²) in [6, 6.07) is 13.4. The number of hydrogen-bond acceptors (Lipinski definition) is 5. The van der Waals surface area contributed by atoms with Gasteiger partial charge in [0.05, 0.1) is 5.69 Å². The van der Waals surface area contributed by atoms with Crippen LogP contribution in [-0.2, 0) is 14.8 Å². The predicted octanol–water partition coefficient (Wildman–Crippen LogP) is 4.09. The first kappa shape index (κ1) is 20.9. The highest BCUT2D eigenvalue weighted by molar-refractivity contribution is 7.93. The van der Waals surface area contributed by atoms with Crippen LogP contribution in [0.15, 0.2) is 57.9 Å². The molecule has 0 aliphatic heterocycles. The largest absolute Gasteiger partial charge is 0.360 e. The summed E-state index contributed by atoms with van der Waals surface area (Å²) in [4.78, 5) is 12.6. The van der Waals surface area contributed by atoms with Crippen molar-refractivity contribution in [3.8, 4) is 0 Å². The minimum absolute atomic E-state index is 0.0441. The van der Waals surface area contributed by atoms with Gasteiger partial charge < -0.3 is 9.84 Å². The van der Waals surface area contributed by atoms with E-state index in [9.17, 15) is 13.2 Å². The van der Waals surface area contributed by atoms with Crippen LogP contribution in [0.25, 0.3) is 0 Å². The van der Waals surface area contributed by atoms with Gasteiger partial charge in [0.1, 0.15) is 12.2 Å². The summed E-state index contributed by atoms with van der Waals surface area (Å²) in [5.41, 5.74) is 2.08. The summed E-state index contributed by atoms with van der Waals surface area (Å²) in [6.07, 6.45) is 0. The molecule has 152 valence electrons. The summed E-state index contributed by atoms with van der Waals surface area (Å²) < 4.78 is 32.8. The van der Waals surface area contributed by atoms with E-state index in [-0.39, 0.29) is 16.3 Å². The normalized spacial score (nSPS) is 11.3. The number of rotatable bonds is 6. The Hall–Kier alpha value is -2.84. The fraction of sp³-hybridized carbons (Fsp3) is 0.200. The molecule has 9 heteroatoms. The summed E-state index contributed by atoms with van der Waals surface area (Å²) in [7, 11) is -4.08. The second-order valence-electron chi connectivity index (χ2n) is 6.56. The maximum absolute atomic E-state index is 13.4. The number of aryl methyl sites for hydroxylation is 3. The van der Waals surface area contributed by atoms with Crippen molar-refractivity contribution in [3.05, 3.63) is 70.6 Å². The van der Waals surface area contributed by atoms with Gasteiger partial charge in [-0.1, -0.05) is 34.5 Å². The van der Waals surface area contributed by atoms with Gasteiger partial charge in [-0.2, -0.15) is 0 Å². The van der Waals surface area contributed by atoms with E-state index in [1.54, 1.807) is 55.5 Å². The van der Waals surface area contributed by atoms with Crippen LogP contribution < -0.4 is 9.62 Å². The molecule has 0 fully saturated rings. The number of nitrogens with zero attached hydrogens (tertiary/aromatic N) is 2. The molecule has 0 spiro atoms. The van der Waals surface area contributed by atoms with E-state index >= 15 is 0 Å². The first-order valence-electron chi connectivity index (χ1n) is 8.76. The van der Waals surface area contributed by atoms with E-state index in [1.165, 1.54) is 6.92 Å². The van der Waals surface area contributed by atoms with Gasteiger partial charge in [-0.3, -0.25) is 9.10 Å². The molecule has 0 saturated carbocycles. The minimum atomic E-state index is -4.08. The van der Waals surface area contributed by atoms with Crippen LogP contribution in [0.3, 0.4) is 0 Å². The molecule has 0 saturated heterocycles. The van der Waals surface area contributed by atoms with Crippen LogP contribution in [0.2, 0.25) is 5.02 Å². The fourth-order valence-corrected chi connectivity index (χ4v) is 4.69. The van der Waals surface area contributed by atoms with Crippen LogP contribution >= 0.6 is 11.6 Å². The summed E-state index contributed by atoms with van der Waals surface area (Å²) >= 11 is 5.86. The van der Waals surface area contributed by atoms with E-state index in [0.29, 0.717) is 16.4 Å². The fourth-order valence-electron chi connectivity index (χ4n) is 2.84. The van der Waals surface area contributed by atoms with Gasteiger partial charge in [-0.25, -0.2) is 8.42 Å². The molecule has 1 heterocycles. The molecule has 7 nitrogen and oxygen atoms in total.